The van der Waals surface area contributed by atoms with Gasteiger partial charge in [0.15, 0.2) is 0 Å². The first-order valence-corrected chi connectivity index (χ1v) is 6.60. The third-order valence-corrected chi connectivity index (χ3v) is 3.41. The highest BCUT2D eigenvalue weighted by Gasteiger charge is 2.14. The van der Waals surface area contributed by atoms with Gasteiger partial charge < -0.3 is 15.0 Å². The number of hydrogen-bond donors (Lipinski definition) is 2. The monoisotopic (exact) mass is 281 g/mol. The Morgan fingerprint density at radius 3 is 2.90 bits per heavy atom. The molecule has 0 radical (unpaired) electrons. The van der Waals surface area contributed by atoms with Crippen LogP contribution >= 0.6 is 0 Å². The Morgan fingerprint density at radius 2 is 2.10 bits per heavy atom. The summed E-state index contributed by atoms with van der Waals surface area (Å²) in [7, 11) is 1.71. The number of rotatable bonds is 3. The number of aromatic nitrogens is 2. The standard InChI is InChI=1S/C16H15N3O2/c1-19(9-12-4-2-3-5-15(12)20)16(21)11-6-7-13-14(8-11)18-10-17-13/h2-8,10,20H,9H2,1H3,(H,17,18). The summed E-state index contributed by atoms with van der Waals surface area (Å²) in [5.74, 6) is 0.0934. The number of aromatic hydroxyl groups is 1. The molecule has 1 amide bonds. The molecule has 1 heterocycles. The summed E-state index contributed by atoms with van der Waals surface area (Å²) < 4.78 is 0. The van der Waals surface area contributed by atoms with E-state index in [9.17, 15) is 9.90 Å². The van der Waals surface area contributed by atoms with E-state index in [1.807, 2.05) is 12.1 Å². The van der Waals surface area contributed by atoms with E-state index in [-0.39, 0.29) is 11.7 Å². The van der Waals surface area contributed by atoms with Gasteiger partial charge in [0.05, 0.1) is 17.4 Å². The van der Waals surface area contributed by atoms with Crippen LogP contribution in [0, 0.1) is 0 Å². The SMILES string of the molecule is CN(Cc1ccccc1O)C(=O)c1ccc2nc[nH]c2c1. The van der Waals surface area contributed by atoms with Crippen molar-refractivity contribution in [3.8, 4) is 5.75 Å². The molecule has 5 heteroatoms. The number of imidazole rings is 1. The second-order valence-corrected chi connectivity index (χ2v) is 4.92. The first-order valence-electron chi connectivity index (χ1n) is 6.60. The molecule has 0 bridgehead atoms. The minimum atomic E-state index is -0.102. The minimum absolute atomic E-state index is 0.102. The van der Waals surface area contributed by atoms with Gasteiger partial charge in [0.25, 0.3) is 5.91 Å². The van der Waals surface area contributed by atoms with Gasteiger partial charge in [-0.05, 0) is 24.3 Å². The molecule has 3 rings (SSSR count). The second kappa shape index (κ2) is 5.28. The van der Waals surface area contributed by atoms with Crippen molar-refractivity contribution in [3.05, 3.63) is 59.9 Å². The van der Waals surface area contributed by atoms with Gasteiger partial charge in [-0.15, -0.1) is 0 Å². The smallest absolute Gasteiger partial charge is 0.253 e. The normalized spacial score (nSPS) is 10.7. The maximum absolute atomic E-state index is 12.4. The Kier molecular flexibility index (Phi) is 3.31. The lowest BCUT2D eigenvalue weighted by molar-refractivity contribution is 0.0784. The van der Waals surface area contributed by atoms with Crippen molar-refractivity contribution >= 4 is 16.9 Å². The van der Waals surface area contributed by atoms with Gasteiger partial charge in [-0.3, -0.25) is 4.79 Å². The zero-order valence-corrected chi connectivity index (χ0v) is 11.6. The number of phenols is 1. The lowest BCUT2D eigenvalue weighted by Crippen LogP contribution is -2.26. The van der Waals surface area contributed by atoms with Gasteiger partial charge in [-0.25, -0.2) is 4.98 Å². The lowest BCUT2D eigenvalue weighted by Gasteiger charge is -2.18. The third kappa shape index (κ3) is 2.58. The van der Waals surface area contributed by atoms with Crippen LogP contribution in [0.1, 0.15) is 15.9 Å². The van der Waals surface area contributed by atoms with E-state index in [1.54, 1.807) is 48.6 Å². The van der Waals surface area contributed by atoms with Crippen molar-refractivity contribution in [3.63, 3.8) is 0 Å². The quantitative estimate of drug-likeness (QED) is 0.775. The molecular weight excluding hydrogens is 266 g/mol. The molecule has 1 aromatic heterocycles. The largest absolute Gasteiger partial charge is 0.508 e. The average Bonchev–Trinajstić information content (AvgIpc) is 2.96. The Hall–Kier alpha value is -2.82. The van der Waals surface area contributed by atoms with Crippen molar-refractivity contribution in [2.24, 2.45) is 0 Å². The number of aromatic amines is 1. The molecule has 2 aromatic carbocycles. The highest BCUT2D eigenvalue weighted by Crippen LogP contribution is 2.19. The van der Waals surface area contributed by atoms with E-state index in [2.05, 4.69) is 9.97 Å². The maximum Gasteiger partial charge on any atom is 0.253 e. The van der Waals surface area contributed by atoms with Crippen LogP contribution in [-0.4, -0.2) is 32.9 Å². The molecule has 0 aliphatic rings. The molecule has 0 unspecified atom stereocenters. The van der Waals surface area contributed by atoms with Crippen LogP contribution in [0.2, 0.25) is 0 Å². The Morgan fingerprint density at radius 1 is 1.29 bits per heavy atom. The van der Waals surface area contributed by atoms with Gasteiger partial charge in [0, 0.05) is 24.7 Å². The predicted octanol–water partition coefficient (Wildman–Crippen LogP) is 2.54. The van der Waals surface area contributed by atoms with Crippen molar-refractivity contribution in [1.82, 2.24) is 14.9 Å². The van der Waals surface area contributed by atoms with E-state index >= 15 is 0 Å². The number of carbonyl (C=O) groups excluding carboxylic acids is 1. The lowest BCUT2D eigenvalue weighted by atomic mass is 10.1. The van der Waals surface area contributed by atoms with Crippen LogP contribution in [0.4, 0.5) is 0 Å². The van der Waals surface area contributed by atoms with E-state index in [1.165, 1.54) is 0 Å². The van der Waals surface area contributed by atoms with Crippen molar-refractivity contribution in [1.29, 1.82) is 0 Å². The van der Waals surface area contributed by atoms with Crippen LogP contribution in [0.25, 0.3) is 11.0 Å². The molecule has 0 aliphatic carbocycles. The summed E-state index contributed by atoms with van der Waals surface area (Å²) in [5.41, 5.74) is 2.97. The summed E-state index contributed by atoms with van der Waals surface area (Å²) >= 11 is 0. The molecule has 0 saturated carbocycles. The molecular formula is C16H15N3O2. The fourth-order valence-corrected chi connectivity index (χ4v) is 2.26. The summed E-state index contributed by atoms with van der Waals surface area (Å²) in [4.78, 5) is 21.1. The number of hydrogen-bond acceptors (Lipinski definition) is 3. The van der Waals surface area contributed by atoms with Crippen LogP contribution in [-0.2, 0) is 6.54 Å². The zero-order chi connectivity index (χ0) is 14.8. The summed E-state index contributed by atoms with van der Waals surface area (Å²) in [6.07, 6.45) is 1.60. The number of nitrogens with zero attached hydrogens (tertiary/aromatic N) is 2. The second-order valence-electron chi connectivity index (χ2n) is 4.92. The first-order chi connectivity index (χ1) is 10.1. The van der Waals surface area contributed by atoms with Gasteiger partial charge in [-0.1, -0.05) is 18.2 Å². The van der Waals surface area contributed by atoms with E-state index in [4.69, 9.17) is 0 Å². The Labute approximate surface area is 121 Å². The third-order valence-electron chi connectivity index (χ3n) is 3.41. The summed E-state index contributed by atoms with van der Waals surface area (Å²) in [6, 6.07) is 12.4. The molecule has 0 aliphatic heterocycles. The number of carbonyl (C=O) groups is 1. The van der Waals surface area contributed by atoms with Gasteiger partial charge in [0.2, 0.25) is 0 Å². The zero-order valence-electron chi connectivity index (χ0n) is 11.6. The molecule has 0 fully saturated rings. The molecule has 0 spiro atoms. The van der Waals surface area contributed by atoms with Gasteiger partial charge >= 0.3 is 0 Å². The number of phenolic OH excluding ortho intramolecular Hbond substituents is 1. The van der Waals surface area contributed by atoms with Crippen LogP contribution in [0.3, 0.4) is 0 Å². The minimum Gasteiger partial charge on any atom is -0.508 e. The Balaban J connectivity index is 1.82. The number of para-hydroxylation sites is 1. The van der Waals surface area contributed by atoms with Gasteiger partial charge in [-0.2, -0.15) is 0 Å². The number of H-pyrrole nitrogens is 1. The summed E-state index contributed by atoms with van der Waals surface area (Å²) in [5, 5.41) is 9.77. The topological polar surface area (TPSA) is 69.2 Å². The maximum atomic E-state index is 12.4. The van der Waals surface area contributed by atoms with E-state index < -0.39 is 0 Å². The average molecular weight is 281 g/mol. The fourth-order valence-electron chi connectivity index (χ4n) is 2.26. The van der Waals surface area contributed by atoms with Crippen LogP contribution in [0.15, 0.2) is 48.8 Å². The predicted molar refractivity (Wildman–Crippen MR) is 80.0 cm³/mol. The van der Waals surface area contributed by atoms with Crippen LogP contribution < -0.4 is 0 Å². The molecule has 3 aromatic rings. The molecule has 5 nitrogen and oxygen atoms in total. The Bertz CT molecular complexity index is 795. The molecule has 106 valence electrons. The summed E-state index contributed by atoms with van der Waals surface area (Å²) in [6.45, 7) is 0.354. The number of benzene rings is 2. The highest BCUT2D eigenvalue weighted by atomic mass is 16.3. The van der Waals surface area contributed by atoms with Gasteiger partial charge in [0.1, 0.15) is 5.75 Å². The van der Waals surface area contributed by atoms with Crippen LogP contribution in [0.5, 0.6) is 5.75 Å². The highest BCUT2D eigenvalue weighted by molar-refractivity contribution is 5.97. The molecule has 0 saturated heterocycles. The molecule has 0 atom stereocenters. The van der Waals surface area contributed by atoms with E-state index in [0.29, 0.717) is 12.1 Å². The fraction of sp³-hybridized carbons (Fsp3) is 0.125. The number of amides is 1. The van der Waals surface area contributed by atoms with E-state index in [0.717, 1.165) is 16.6 Å². The van der Waals surface area contributed by atoms with Crippen molar-refractivity contribution < 1.29 is 9.90 Å². The number of nitrogens with one attached hydrogen (secondary N) is 1. The molecule has 2 N–H and O–H groups in total. The molecule has 21 heavy (non-hydrogen) atoms. The first kappa shape index (κ1) is 13.2. The number of fused-ring (bicyclic) bond motifs is 1. The van der Waals surface area contributed by atoms with Crippen molar-refractivity contribution in [2.45, 2.75) is 6.54 Å². The van der Waals surface area contributed by atoms with Crippen molar-refractivity contribution in [2.75, 3.05) is 7.05 Å².